The third kappa shape index (κ3) is 5.28. The zero-order chi connectivity index (χ0) is 18.9. The van der Waals surface area contributed by atoms with E-state index in [4.69, 9.17) is 9.84 Å². The SMILES string of the molecule is OCCCCCNCc1c(OCc2ccccc2F)ccc2ccccc12. The van der Waals surface area contributed by atoms with Gasteiger partial charge in [-0.05, 0) is 48.7 Å². The van der Waals surface area contributed by atoms with Gasteiger partial charge in [0, 0.05) is 24.3 Å². The number of halogens is 1. The number of fused-ring (bicyclic) bond motifs is 1. The van der Waals surface area contributed by atoms with Crippen molar-refractivity contribution in [2.75, 3.05) is 13.2 Å². The van der Waals surface area contributed by atoms with Crippen molar-refractivity contribution >= 4 is 10.8 Å². The van der Waals surface area contributed by atoms with Crippen LogP contribution in [0, 0.1) is 5.82 Å². The maximum Gasteiger partial charge on any atom is 0.129 e. The second kappa shape index (κ2) is 10.0. The fourth-order valence-corrected chi connectivity index (χ4v) is 3.16. The molecule has 0 unspecified atom stereocenters. The number of aliphatic hydroxyl groups excluding tert-OH is 1. The van der Waals surface area contributed by atoms with Crippen molar-refractivity contribution in [1.29, 1.82) is 0 Å². The Labute approximate surface area is 159 Å². The largest absolute Gasteiger partial charge is 0.488 e. The maximum absolute atomic E-state index is 13.9. The average molecular weight is 367 g/mol. The lowest BCUT2D eigenvalue weighted by atomic mass is 10.0. The first-order valence-electron chi connectivity index (χ1n) is 9.48. The summed E-state index contributed by atoms with van der Waals surface area (Å²) in [6, 6.07) is 18.9. The van der Waals surface area contributed by atoms with E-state index >= 15 is 0 Å². The summed E-state index contributed by atoms with van der Waals surface area (Å²) in [7, 11) is 0. The third-order valence-corrected chi connectivity index (χ3v) is 4.65. The minimum Gasteiger partial charge on any atom is -0.488 e. The molecule has 27 heavy (non-hydrogen) atoms. The summed E-state index contributed by atoms with van der Waals surface area (Å²) in [5.41, 5.74) is 1.64. The molecule has 0 aliphatic heterocycles. The molecule has 2 N–H and O–H groups in total. The topological polar surface area (TPSA) is 41.5 Å². The van der Waals surface area contributed by atoms with Crippen LogP contribution in [-0.4, -0.2) is 18.3 Å². The summed E-state index contributed by atoms with van der Waals surface area (Å²) >= 11 is 0. The summed E-state index contributed by atoms with van der Waals surface area (Å²) in [5, 5.41) is 14.6. The van der Waals surface area contributed by atoms with Crippen LogP contribution in [0.4, 0.5) is 4.39 Å². The van der Waals surface area contributed by atoms with E-state index in [1.807, 2.05) is 30.3 Å². The lowest BCUT2D eigenvalue weighted by Gasteiger charge is -2.15. The number of hydrogen-bond donors (Lipinski definition) is 2. The number of nitrogens with one attached hydrogen (secondary N) is 1. The number of hydrogen-bond acceptors (Lipinski definition) is 3. The molecule has 0 bridgehead atoms. The second-order valence-electron chi connectivity index (χ2n) is 6.60. The van der Waals surface area contributed by atoms with Gasteiger partial charge in [-0.15, -0.1) is 0 Å². The second-order valence-corrected chi connectivity index (χ2v) is 6.60. The van der Waals surface area contributed by atoms with E-state index in [1.54, 1.807) is 12.1 Å². The Morgan fingerprint density at radius 3 is 2.56 bits per heavy atom. The van der Waals surface area contributed by atoms with Crippen molar-refractivity contribution in [3.8, 4) is 5.75 Å². The van der Waals surface area contributed by atoms with Gasteiger partial charge in [0.1, 0.15) is 18.2 Å². The van der Waals surface area contributed by atoms with Gasteiger partial charge in [0.05, 0.1) is 0 Å². The summed E-state index contributed by atoms with van der Waals surface area (Å²) in [4.78, 5) is 0. The summed E-state index contributed by atoms with van der Waals surface area (Å²) < 4.78 is 19.9. The van der Waals surface area contributed by atoms with Crippen molar-refractivity contribution < 1.29 is 14.2 Å². The molecule has 0 amide bonds. The molecule has 4 heteroatoms. The van der Waals surface area contributed by atoms with Crippen LogP contribution in [0.2, 0.25) is 0 Å². The van der Waals surface area contributed by atoms with E-state index in [0.717, 1.165) is 47.9 Å². The molecule has 0 aliphatic carbocycles. The quantitative estimate of drug-likeness (QED) is 0.505. The standard InChI is InChI=1S/C23H26FNO2/c24-22-11-5-3-9-19(22)17-27-23-13-12-18-8-2-4-10-20(18)21(23)16-25-14-6-1-7-15-26/h2-5,8-13,25-26H,1,6-7,14-17H2. The fourth-order valence-electron chi connectivity index (χ4n) is 3.16. The molecule has 0 radical (unpaired) electrons. The molecule has 0 fully saturated rings. The van der Waals surface area contributed by atoms with Gasteiger partial charge in [0.15, 0.2) is 0 Å². The van der Waals surface area contributed by atoms with Gasteiger partial charge < -0.3 is 15.2 Å². The van der Waals surface area contributed by atoms with Crippen LogP contribution >= 0.6 is 0 Å². The van der Waals surface area contributed by atoms with Crippen LogP contribution in [0.5, 0.6) is 5.75 Å². The predicted molar refractivity (Wildman–Crippen MR) is 107 cm³/mol. The molecule has 0 heterocycles. The molecule has 142 valence electrons. The molecule has 0 aromatic heterocycles. The van der Waals surface area contributed by atoms with Gasteiger partial charge in [-0.3, -0.25) is 0 Å². The number of ether oxygens (including phenoxy) is 1. The van der Waals surface area contributed by atoms with E-state index in [2.05, 4.69) is 17.4 Å². The summed E-state index contributed by atoms with van der Waals surface area (Å²) in [6.07, 6.45) is 2.87. The van der Waals surface area contributed by atoms with Crippen LogP contribution in [-0.2, 0) is 13.2 Å². The van der Waals surface area contributed by atoms with Crippen LogP contribution in [0.1, 0.15) is 30.4 Å². The van der Waals surface area contributed by atoms with E-state index < -0.39 is 0 Å². The van der Waals surface area contributed by atoms with Gasteiger partial charge in [0.25, 0.3) is 0 Å². The van der Waals surface area contributed by atoms with Gasteiger partial charge in [-0.1, -0.05) is 48.5 Å². The van der Waals surface area contributed by atoms with Crippen LogP contribution in [0.3, 0.4) is 0 Å². The van der Waals surface area contributed by atoms with E-state index in [1.165, 1.54) is 6.07 Å². The van der Waals surface area contributed by atoms with Crippen LogP contribution in [0.25, 0.3) is 10.8 Å². The monoisotopic (exact) mass is 367 g/mol. The van der Waals surface area contributed by atoms with Crippen LogP contribution in [0.15, 0.2) is 60.7 Å². The molecular weight excluding hydrogens is 341 g/mol. The Balaban J connectivity index is 1.74. The molecule has 0 spiro atoms. The lowest BCUT2D eigenvalue weighted by molar-refractivity contribution is 0.282. The first-order valence-corrected chi connectivity index (χ1v) is 9.48. The first-order chi connectivity index (χ1) is 13.3. The van der Waals surface area contributed by atoms with Gasteiger partial charge >= 0.3 is 0 Å². The van der Waals surface area contributed by atoms with Gasteiger partial charge in [-0.2, -0.15) is 0 Å². The Morgan fingerprint density at radius 2 is 1.70 bits per heavy atom. The van der Waals surface area contributed by atoms with Gasteiger partial charge in [0.2, 0.25) is 0 Å². The lowest BCUT2D eigenvalue weighted by Crippen LogP contribution is -2.16. The Bertz CT molecular complexity index is 866. The minimum atomic E-state index is -0.248. The van der Waals surface area contributed by atoms with Crippen molar-refractivity contribution in [2.45, 2.75) is 32.4 Å². The van der Waals surface area contributed by atoms with E-state index in [9.17, 15) is 4.39 Å². The smallest absolute Gasteiger partial charge is 0.129 e. The Morgan fingerprint density at radius 1 is 0.889 bits per heavy atom. The summed E-state index contributed by atoms with van der Waals surface area (Å²) in [5.74, 6) is 0.529. The molecule has 0 saturated carbocycles. The van der Waals surface area contributed by atoms with E-state index in [-0.39, 0.29) is 19.0 Å². The number of benzene rings is 3. The van der Waals surface area contributed by atoms with E-state index in [0.29, 0.717) is 12.1 Å². The third-order valence-electron chi connectivity index (χ3n) is 4.65. The fraction of sp³-hybridized carbons (Fsp3) is 0.304. The molecule has 3 rings (SSSR count). The molecule has 3 aromatic rings. The Kier molecular flexibility index (Phi) is 7.19. The first kappa shape index (κ1) is 19.3. The highest BCUT2D eigenvalue weighted by Crippen LogP contribution is 2.29. The normalized spacial score (nSPS) is 11.0. The van der Waals surface area contributed by atoms with Crippen molar-refractivity contribution in [3.63, 3.8) is 0 Å². The predicted octanol–water partition coefficient (Wildman–Crippen LogP) is 4.81. The molecule has 3 nitrogen and oxygen atoms in total. The molecule has 0 atom stereocenters. The van der Waals surface area contributed by atoms with Crippen molar-refractivity contribution in [2.24, 2.45) is 0 Å². The molecular formula is C23H26FNO2. The maximum atomic E-state index is 13.9. The molecule has 3 aromatic carbocycles. The molecule has 0 saturated heterocycles. The zero-order valence-corrected chi connectivity index (χ0v) is 15.5. The average Bonchev–Trinajstić information content (AvgIpc) is 2.70. The number of unbranched alkanes of at least 4 members (excludes halogenated alkanes) is 2. The number of aliphatic hydroxyl groups is 1. The van der Waals surface area contributed by atoms with Gasteiger partial charge in [-0.25, -0.2) is 4.39 Å². The highest BCUT2D eigenvalue weighted by Gasteiger charge is 2.10. The number of rotatable bonds is 10. The van der Waals surface area contributed by atoms with Crippen molar-refractivity contribution in [1.82, 2.24) is 5.32 Å². The zero-order valence-electron chi connectivity index (χ0n) is 15.5. The highest BCUT2D eigenvalue weighted by atomic mass is 19.1. The minimum absolute atomic E-state index is 0.203. The molecule has 0 aliphatic rings. The van der Waals surface area contributed by atoms with Crippen LogP contribution < -0.4 is 10.1 Å². The highest BCUT2D eigenvalue weighted by molar-refractivity contribution is 5.87. The van der Waals surface area contributed by atoms with Crippen molar-refractivity contribution in [3.05, 3.63) is 77.6 Å². The summed E-state index contributed by atoms with van der Waals surface area (Å²) in [6.45, 7) is 2.02. The Hall–Kier alpha value is -2.43.